The molecule has 0 aliphatic carbocycles. The predicted molar refractivity (Wildman–Crippen MR) is 86.9 cm³/mol. The Morgan fingerprint density at radius 2 is 2.05 bits per heavy atom. The minimum absolute atomic E-state index is 0.405. The molecule has 2 N–H and O–H groups in total. The molecule has 2 rings (SSSR count). The van der Waals surface area contributed by atoms with Gasteiger partial charge in [-0.05, 0) is 29.6 Å². The van der Waals surface area contributed by atoms with Gasteiger partial charge in [-0.25, -0.2) is 0 Å². The molecule has 1 heterocycles. The van der Waals surface area contributed by atoms with Gasteiger partial charge in [0, 0.05) is 23.4 Å². The molecule has 21 heavy (non-hydrogen) atoms. The van der Waals surface area contributed by atoms with E-state index in [1.807, 2.05) is 6.07 Å². The highest BCUT2D eigenvalue weighted by Gasteiger charge is 2.18. The van der Waals surface area contributed by atoms with Crippen molar-refractivity contribution >= 4 is 23.9 Å². The largest absolute Gasteiger partial charge is 0.497 e. The summed E-state index contributed by atoms with van der Waals surface area (Å²) >= 11 is 1.75. The smallest absolute Gasteiger partial charge is 0.492 e. The highest BCUT2D eigenvalue weighted by atomic mass is 32.1. The lowest BCUT2D eigenvalue weighted by molar-refractivity contribution is 0.274. The molecule has 6 heteroatoms. The first kappa shape index (κ1) is 16.0. The van der Waals surface area contributed by atoms with E-state index in [4.69, 9.17) is 4.74 Å². The molecule has 0 saturated heterocycles. The predicted octanol–water partition coefficient (Wildman–Crippen LogP) is 1.46. The van der Waals surface area contributed by atoms with E-state index < -0.39 is 7.12 Å². The van der Waals surface area contributed by atoms with E-state index in [1.165, 1.54) is 12.0 Å². The summed E-state index contributed by atoms with van der Waals surface area (Å²) in [7, 11) is 0.00279. The van der Waals surface area contributed by atoms with Crippen LogP contribution in [0.25, 0.3) is 0 Å². The number of nitrogens with zero attached hydrogens (tertiary/aromatic N) is 1. The average molecular weight is 305 g/mol. The second-order valence-electron chi connectivity index (χ2n) is 4.83. The Kier molecular flexibility index (Phi) is 5.81. The Morgan fingerprint density at radius 1 is 1.24 bits per heavy atom. The molecule has 0 aliphatic heterocycles. The third-order valence-corrected chi connectivity index (χ3v) is 4.25. The summed E-state index contributed by atoms with van der Waals surface area (Å²) in [5.41, 5.74) is 1.44. The molecular weight excluding hydrogens is 285 g/mol. The zero-order chi connectivity index (χ0) is 15.2. The summed E-state index contributed by atoms with van der Waals surface area (Å²) in [6.45, 7) is 4.72. The number of methoxy groups -OCH3 is 1. The van der Waals surface area contributed by atoms with Crippen molar-refractivity contribution in [2.24, 2.45) is 0 Å². The molecule has 1 aromatic carbocycles. The lowest BCUT2D eigenvalue weighted by atomic mass is 9.78. The van der Waals surface area contributed by atoms with Gasteiger partial charge < -0.3 is 14.8 Å². The minimum Gasteiger partial charge on any atom is -0.497 e. The Labute approximate surface area is 129 Å². The lowest BCUT2D eigenvalue weighted by Gasteiger charge is -2.20. The van der Waals surface area contributed by atoms with E-state index in [0.717, 1.165) is 25.2 Å². The summed E-state index contributed by atoms with van der Waals surface area (Å²) in [6, 6.07) is 9.72. The van der Waals surface area contributed by atoms with Crippen LogP contribution in [0.4, 0.5) is 0 Å². The van der Waals surface area contributed by atoms with Crippen molar-refractivity contribution in [3.05, 3.63) is 46.2 Å². The minimum atomic E-state index is -1.52. The molecular formula is C15H20BNO3S. The first-order chi connectivity index (χ1) is 10.1. The second-order valence-corrected chi connectivity index (χ2v) is 5.86. The number of ether oxygens (including phenoxy) is 1. The lowest BCUT2D eigenvalue weighted by Crippen LogP contribution is -2.32. The maximum absolute atomic E-state index is 9.42. The van der Waals surface area contributed by atoms with E-state index in [2.05, 4.69) is 29.3 Å². The first-order valence-corrected chi connectivity index (χ1v) is 7.79. The molecule has 0 fully saturated rings. The Balaban J connectivity index is 2.12. The van der Waals surface area contributed by atoms with Gasteiger partial charge in [0.2, 0.25) is 0 Å². The second kappa shape index (κ2) is 7.61. The van der Waals surface area contributed by atoms with Gasteiger partial charge >= 0.3 is 7.12 Å². The molecule has 0 saturated carbocycles. The van der Waals surface area contributed by atoms with Gasteiger partial charge in [-0.2, -0.15) is 0 Å². The van der Waals surface area contributed by atoms with E-state index in [9.17, 15) is 10.0 Å². The summed E-state index contributed by atoms with van der Waals surface area (Å²) < 4.78 is 5.15. The molecule has 0 unspecified atom stereocenters. The van der Waals surface area contributed by atoms with Crippen molar-refractivity contribution in [3.63, 3.8) is 0 Å². The quantitative estimate of drug-likeness (QED) is 0.761. The van der Waals surface area contributed by atoms with Crippen molar-refractivity contribution in [2.75, 3.05) is 13.7 Å². The van der Waals surface area contributed by atoms with Gasteiger partial charge in [0.25, 0.3) is 0 Å². The fraction of sp³-hybridized carbons (Fsp3) is 0.333. The van der Waals surface area contributed by atoms with Gasteiger partial charge in [0.05, 0.1) is 7.11 Å². The molecule has 0 radical (unpaired) electrons. The van der Waals surface area contributed by atoms with Crippen LogP contribution in [-0.4, -0.2) is 35.7 Å². The summed E-state index contributed by atoms with van der Waals surface area (Å²) in [6.07, 6.45) is 0. The van der Waals surface area contributed by atoms with Crippen molar-refractivity contribution in [1.29, 1.82) is 0 Å². The van der Waals surface area contributed by atoms with Crippen LogP contribution in [0.15, 0.2) is 35.7 Å². The van der Waals surface area contributed by atoms with Gasteiger partial charge in [-0.15, -0.1) is 11.3 Å². The van der Waals surface area contributed by atoms with Crippen molar-refractivity contribution in [2.45, 2.75) is 20.0 Å². The van der Waals surface area contributed by atoms with E-state index in [1.54, 1.807) is 23.5 Å². The normalized spacial score (nSPS) is 10.9. The van der Waals surface area contributed by atoms with Crippen LogP contribution in [0.5, 0.6) is 5.75 Å². The van der Waals surface area contributed by atoms with Crippen LogP contribution in [0.2, 0.25) is 0 Å². The molecule has 0 spiro atoms. The van der Waals surface area contributed by atoms with Crippen LogP contribution in [0, 0.1) is 0 Å². The Morgan fingerprint density at radius 3 is 2.62 bits per heavy atom. The SMILES string of the molecule is CCN(Cc1ccc(OC)c(B(O)O)c1)Cc1cccs1. The third-order valence-electron chi connectivity index (χ3n) is 3.39. The number of hydrogen-bond acceptors (Lipinski definition) is 5. The van der Waals surface area contributed by atoms with Crippen LogP contribution in [-0.2, 0) is 13.1 Å². The first-order valence-electron chi connectivity index (χ1n) is 6.91. The van der Waals surface area contributed by atoms with E-state index in [-0.39, 0.29) is 0 Å². The number of benzene rings is 1. The highest BCUT2D eigenvalue weighted by molar-refractivity contribution is 7.09. The van der Waals surface area contributed by atoms with Gasteiger partial charge in [0.1, 0.15) is 5.75 Å². The van der Waals surface area contributed by atoms with Crippen molar-refractivity contribution in [1.82, 2.24) is 4.90 Å². The van der Waals surface area contributed by atoms with Gasteiger partial charge in [-0.1, -0.05) is 25.1 Å². The topological polar surface area (TPSA) is 52.9 Å². The van der Waals surface area contributed by atoms with Crippen LogP contribution < -0.4 is 10.2 Å². The number of thiophene rings is 1. The van der Waals surface area contributed by atoms with Crippen LogP contribution in [0.3, 0.4) is 0 Å². The molecule has 0 bridgehead atoms. The highest BCUT2D eigenvalue weighted by Crippen LogP contribution is 2.16. The monoisotopic (exact) mass is 305 g/mol. The zero-order valence-corrected chi connectivity index (χ0v) is 13.1. The van der Waals surface area contributed by atoms with Crippen molar-refractivity contribution < 1.29 is 14.8 Å². The fourth-order valence-electron chi connectivity index (χ4n) is 2.24. The Bertz CT molecular complexity index is 560. The van der Waals surface area contributed by atoms with Gasteiger partial charge in [0.15, 0.2) is 0 Å². The fourth-order valence-corrected chi connectivity index (χ4v) is 2.99. The summed E-state index contributed by atoms with van der Waals surface area (Å²) in [5, 5.41) is 20.9. The van der Waals surface area contributed by atoms with E-state index in [0.29, 0.717) is 11.2 Å². The maximum Gasteiger partial charge on any atom is 0.492 e. The zero-order valence-electron chi connectivity index (χ0n) is 12.3. The molecule has 112 valence electrons. The molecule has 0 atom stereocenters. The molecule has 1 aromatic heterocycles. The molecule has 4 nitrogen and oxygen atoms in total. The summed E-state index contributed by atoms with van der Waals surface area (Å²) in [4.78, 5) is 3.63. The van der Waals surface area contributed by atoms with Gasteiger partial charge in [-0.3, -0.25) is 4.90 Å². The number of hydrogen-bond donors (Lipinski definition) is 2. The molecule has 0 aliphatic rings. The molecule has 0 amide bonds. The Hall–Kier alpha value is -1.34. The average Bonchev–Trinajstić information content (AvgIpc) is 2.99. The molecule has 2 aromatic rings. The van der Waals surface area contributed by atoms with Crippen molar-refractivity contribution in [3.8, 4) is 5.75 Å². The number of rotatable bonds is 7. The van der Waals surface area contributed by atoms with Crippen LogP contribution >= 0.6 is 11.3 Å². The summed E-state index contributed by atoms with van der Waals surface area (Å²) in [5.74, 6) is 0.495. The third kappa shape index (κ3) is 4.31. The maximum atomic E-state index is 9.42. The van der Waals surface area contributed by atoms with E-state index >= 15 is 0 Å². The standard InChI is InChI=1S/C15H20BNO3S/c1-3-17(11-13-5-4-8-21-13)10-12-6-7-15(20-2)14(9-12)16(18)19/h4-9,18-19H,3,10-11H2,1-2H3. The van der Waals surface area contributed by atoms with Crippen LogP contribution in [0.1, 0.15) is 17.4 Å².